The van der Waals surface area contributed by atoms with Gasteiger partial charge in [-0.15, -0.1) is 5.10 Å². The van der Waals surface area contributed by atoms with E-state index in [1.54, 1.807) is 25.2 Å². The molecule has 132 valence electrons. The molecule has 0 unspecified atom stereocenters. The van der Waals surface area contributed by atoms with Crippen LogP contribution in [-0.2, 0) is 11.8 Å². The standard InChI is InChI=1S/C16H13ClN6O2S/c1-23-21-15(20-22-23)19-16(26)18-14(24)9-7-12-6-8-13(25-12)10-2-4-11(17)5-3-10/h2-9H,1H3,(H2,18,19,21,24,26)/b9-7+. The number of benzene rings is 1. The van der Waals surface area contributed by atoms with Gasteiger partial charge in [-0.1, -0.05) is 16.7 Å². The fourth-order valence-corrected chi connectivity index (χ4v) is 2.31. The lowest BCUT2D eigenvalue weighted by Gasteiger charge is -2.03. The van der Waals surface area contributed by atoms with Crippen molar-refractivity contribution in [3.8, 4) is 11.3 Å². The van der Waals surface area contributed by atoms with Crippen molar-refractivity contribution in [1.29, 1.82) is 0 Å². The monoisotopic (exact) mass is 388 g/mol. The normalized spacial score (nSPS) is 10.8. The number of thiocarbonyl (C=S) groups is 1. The molecular weight excluding hydrogens is 376 g/mol. The number of nitrogens with zero attached hydrogens (tertiary/aromatic N) is 4. The SMILES string of the molecule is Cn1nnc(NC(=S)NC(=O)/C=C/c2ccc(-c3ccc(Cl)cc3)o2)n1. The summed E-state index contributed by atoms with van der Waals surface area (Å²) in [4.78, 5) is 13.2. The number of rotatable bonds is 4. The van der Waals surface area contributed by atoms with Crippen LogP contribution in [0.2, 0.25) is 5.02 Å². The van der Waals surface area contributed by atoms with Gasteiger partial charge < -0.3 is 4.42 Å². The van der Waals surface area contributed by atoms with Crippen molar-refractivity contribution in [3.63, 3.8) is 0 Å². The second-order valence-electron chi connectivity index (χ2n) is 5.09. The number of nitrogens with one attached hydrogen (secondary N) is 2. The number of aryl methyl sites for hydroxylation is 1. The van der Waals surface area contributed by atoms with E-state index in [9.17, 15) is 4.79 Å². The summed E-state index contributed by atoms with van der Waals surface area (Å²) in [6.07, 6.45) is 2.85. The van der Waals surface area contributed by atoms with Crippen LogP contribution in [0.15, 0.2) is 46.9 Å². The second kappa shape index (κ2) is 7.89. The highest BCUT2D eigenvalue weighted by atomic mass is 35.5. The molecule has 2 aromatic heterocycles. The lowest BCUT2D eigenvalue weighted by molar-refractivity contribution is -0.115. The number of carbonyl (C=O) groups is 1. The van der Waals surface area contributed by atoms with Gasteiger partial charge in [-0.2, -0.15) is 4.80 Å². The Labute approximate surface area is 158 Å². The van der Waals surface area contributed by atoms with Gasteiger partial charge in [0.25, 0.3) is 5.95 Å². The first-order valence-electron chi connectivity index (χ1n) is 7.39. The highest BCUT2D eigenvalue weighted by Crippen LogP contribution is 2.24. The molecule has 1 aromatic carbocycles. The molecule has 3 rings (SSSR count). The van der Waals surface area contributed by atoms with Gasteiger partial charge >= 0.3 is 0 Å². The Morgan fingerprint density at radius 1 is 1.27 bits per heavy atom. The van der Waals surface area contributed by atoms with Gasteiger partial charge in [0.15, 0.2) is 5.11 Å². The van der Waals surface area contributed by atoms with Crippen LogP contribution in [0, 0.1) is 0 Å². The van der Waals surface area contributed by atoms with Crippen LogP contribution in [0.1, 0.15) is 5.76 Å². The molecule has 0 bridgehead atoms. The van der Waals surface area contributed by atoms with E-state index in [-0.39, 0.29) is 11.1 Å². The van der Waals surface area contributed by atoms with Crippen LogP contribution in [0.25, 0.3) is 17.4 Å². The number of hydrogen-bond donors (Lipinski definition) is 2. The van der Waals surface area contributed by atoms with E-state index in [1.807, 2.05) is 18.2 Å². The minimum atomic E-state index is -0.421. The number of aromatic nitrogens is 4. The highest BCUT2D eigenvalue weighted by Gasteiger charge is 2.06. The first-order valence-corrected chi connectivity index (χ1v) is 8.18. The number of carbonyl (C=O) groups excluding carboxylic acids is 1. The number of furan rings is 1. The fraction of sp³-hybridized carbons (Fsp3) is 0.0625. The molecule has 0 aliphatic carbocycles. The maximum Gasteiger partial charge on any atom is 0.269 e. The molecule has 0 fully saturated rings. The summed E-state index contributed by atoms with van der Waals surface area (Å²) in [5.41, 5.74) is 0.889. The molecule has 0 aliphatic heterocycles. The average molecular weight is 389 g/mol. The van der Waals surface area contributed by atoms with Gasteiger partial charge in [-0.25, -0.2) is 0 Å². The van der Waals surface area contributed by atoms with Crippen LogP contribution in [0.5, 0.6) is 0 Å². The first kappa shape index (κ1) is 17.8. The minimum absolute atomic E-state index is 0.0638. The second-order valence-corrected chi connectivity index (χ2v) is 5.93. The number of halogens is 1. The van der Waals surface area contributed by atoms with E-state index >= 15 is 0 Å². The molecule has 3 aromatic rings. The summed E-state index contributed by atoms with van der Waals surface area (Å²) >= 11 is 10.9. The Balaban J connectivity index is 1.56. The highest BCUT2D eigenvalue weighted by molar-refractivity contribution is 7.80. The van der Waals surface area contributed by atoms with Crippen molar-refractivity contribution in [3.05, 3.63) is 53.3 Å². The summed E-state index contributed by atoms with van der Waals surface area (Å²) in [6.45, 7) is 0. The van der Waals surface area contributed by atoms with Crippen LogP contribution >= 0.6 is 23.8 Å². The molecule has 0 saturated carbocycles. The summed E-state index contributed by atoms with van der Waals surface area (Å²) in [5, 5.41) is 17.1. The lowest BCUT2D eigenvalue weighted by atomic mass is 10.2. The number of hydrogen-bond acceptors (Lipinski definition) is 6. The molecule has 26 heavy (non-hydrogen) atoms. The molecule has 2 heterocycles. The van der Waals surface area contributed by atoms with E-state index in [0.29, 0.717) is 16.5 Å². The van der Waals surface area contributed by atoms with E-state index in [1.165, 1.54) is 16.9 Å². The predicted octanol–water partition coefficient (Wildman–Crippen LogP) is 2.65. The average Bonchev–Trinajstić information content (AvgIpc) is 3.23. The van der Waals surface area contributed by atoms with Crippen molar-refractivity contribution in [2.24, 2.45) is 7.05 Å². The molecule has 10 heteroatoms. The van der Waals surface area contributed by atoms with Crippen LogP contribution in [0.4, 0.5) is 5.95 Å². The van der Waals surface area contributed by atoms with Crippen molar-refractivity contribution in [2.75, 3.05) is 5.32 Å². The van der Waals surface area contributed by atoms with E-state index in [0.717, 1.165) is 5.56 Å². The molecule has 2 N–H and O–H groups in total. The maximum absolute atomic E-state index is 11.9. The van der Waals surface area contributed by atoms with Crippen LogP contribution in [0.3, 0.4) is 0 Å². The lowest BCUT2D eigenvalue weighted by Crippen LogP contribution is -2.33. The Morgan fingerprint density at radius 3 is 2.73 bits per heavy atom. The Bertz CT molecular complexity index is 963. The topological polar surface area (TPSA) is 97.9 Å². The van der Waals surface area contributed by atoms with E-state index < -0.39 is 5.91 Å². The smallest absolute Gasteiger partial charge is 0.269 e. The number of anilines is 1. The Kier molecular flexibility index (Phi) is 5.40. The van der Waals surface area contributed by atoms with Crippen molar-refractivity contribution in [2.45, 2.75) is 0 Å². The third-order valence-electron chi connectivity index (χ3n) is 3.12. The zero-order valence-corrected chi connectivity index (χ0v) is 15.1. The van der Waals surface area contributed by atoms with Gasteiger partial charge in [0.1, 0.15) is 11.5 Å². The van der Waals surface area contributed by atoms with Crippen LogP contribution < -0.4 is 10.6 Å². The summed E-state index contributed by atoms with van der Waals surface area (Å²) in [7, 11) is 1.62. The molecule has 0 saturated heterocycles. The van der Waals surface area contributed by atoms with Crippen LogP contribution in [-0.4, -0.2) is 31.2 Å². The van der Waals surface area contributed by atoms with Gasteiger partial charge in [0, 0.05) is 16.7 Å². The summed E-state index contributed by atoms with van der Waals surface area (Å²) in [6, 6.07) is 10.8. The zero-order valence-electron chi connectivity index (χ0n) is 13.5. The summed E-state index contributed by atoms with van der Waals surface area (Å²) < 4.78 is 5.67. The molecule has 0 aliphatic rings. The Hall–Kier alpha value is -3.04. The molecule has 0 radical (unpaired) electrons. The largest absolute Gasteiger partial charge is 0.457 e. The minimum Gasteiger partial charge on any atom is -0.457 e. The van der Waals surface area contributed by atoms with E-state index in [2.05, 4.69) is 26.0 Å². The molecular formula is C16H13ClN6O2S. The fourth-order valence-electron chi connectivity index (χ4n) is 1.99. The van der Waals surface area contributed by atoms with Gasteiger partial charge in [0.2, 0.25) is 5.91 Å². The Morgan fingerprint density at radius 2 is 2.04 bits per heavy atom. The third kappa shape index (κ3) is 4.74. The first-order chi connectivity index (χ1) is 12.5. The van der Waals surface area contributed by atoms with Crippen molar-refractivity contribution < 1.29 is 9.21 Å². The summed E-state index contributed by atoms with van der Waals surface area (Å²) in [5.74, 6) is 0.975. The quantitative estimate of drug-likeness (QED) is 0.523. The molecule has 0 spiro atoms. The van der Waals surface area contributed by atoms with Gasteiger partial charge in [-0.05, 0) is 59.9 Å². The van der Waals surface area contributed by atoms with E-state index in [4.69, 9.17) is 28.2 Å². The van der Waals surface area contributed by atoms with Crippen molar-refractivity contribution >= 4 is 46.9 Å². The maximum atomic E-state index is 11.9. The zero-order chi connectivity index (χ0) is 18.5. The number of tetrazole rings is 1. The molecule has 0 atom stereocenters. The molecule has 8 nitrogen and oxygen atoms in total. The number of amides is 1. The predicted molar refractivity (Wildman–Crippen MR) is 101 cm³/mol. The van der Waals surface area contributed by atoms with Gasteiger partial charge in [-0.3, -0.25) is 15.4 Å². The van der Waals surface area contributed by atoms with Crippen molar-refractivity contribution in [1.82, 2.24) is 25.5 Å². The molecule has 1 amide bonds. The third-order valence-corrected chi connectivity index (χ3v) is 3.58. The van der Waals surface area contributed by atoms with Gasteiger partial charge in [0.05, 0.1) is 7.05 Å².